The lowest BCUT2D eigenvalue weighted by Crippen LogP contribution is -2.36. The third kappa shape index (κ3) is 3.54. The van der Waals surface area contributed by atoms with Crippen molar-refractivity contribution >= 4 is 5.78 Å². The fourth-order valence-corrected chi connectivity index (χ4v) is 3.42. The van der Waals surface area contributed by atoms with E-state index in [4.69, 9.17) is 0 Å². The van der Waals surface area contributed by atoms with Crippen LogP contribution in [0.25, 0.3) is 0 Å². The molecule has 2 aliphatic carbocycles. The maximum absolute atomic E-state index is 11.6. The Morgan fingerprint density at radius 1 is 1.18 bits per heavy atom. The molecule has 0 aromatic carbocycles. The van der Waals surface area contributed by atoms with Crippen molar-refractivity contribution in [3.8, 4) is 0 Å². The Bertz CT molecular complexity index is 256. The van der Waals surface area contributed by atoms with E-state index >= 15 is 0 Å². The first-order chi connectivity index (χ1) is 8.16. The lowest BCUT2D eigenvalue weighted by Gasteiger charge is -2.34. The molecule has 2 heteroatoms. The van der Waals surface area contributed by atoms with Crippen LogP contribution < -0.4 is 0 Å². The number of hydrogen-bond donors (Lipinski definition) is 0. The van der Waals surface area contributed by atoms with Crippen LogP contribution in [-0.2, 0) is 4.79 Å². The van der Waals surface area contributed by atoms with Gasteiger partial charge in [-0.3, -0.25) is 4.79 Å². The van der Waals surface area contributed by atoms with Crippen molar-refractivity contribution in [2.75, 3.05) is 13.6 Å². The standard InChI is InChI=1S/C15H27NO/c1-12-6-8-14(9-7-12)16(2)11-10-13-4-3-5-15(13)17/h12-14H,3-11H2,1-2H3. The number of rotatable bonds is 4. The first kappa shape index (κ1) is 13.1. The second-order valence-electron chi connectivity index (χ2n) is 6.24. The lowest BCUT2D eigenvalue weighted by atomic mass is 9.86. The summed E-state index contributed by atoms with van der Waals surface area (Å²) in [6, 6.07) is 0.780. The van der Waals surface area contributed by atoms with Crippen LogP contribution >= 0.6 is 0 Å². The second kappa shape index (κ2) is 5.99. The number of hydrogen-bond acceptors (Lipinski definition) is 2. The quantitative estimate of drug-likeness (QED) is 0.748. The molecule has 2 saturated carbocycles. The van der Waals surface area contributed by atoms with E-state index in [-0.39, 0.29) is 0 Å². The van der Waals surface area contributed by atoms with Gasteiger partial charge in [-0.2, -0.15) is 0 Å². The largest absolute Gasteiger partial charge is 0.303 e. The van der Waals surface area contributed by atoms with Crippen LogP contribution in [0.2, 0.25) is 0 Å². The van der Waals surface area contributed by atoms with E-state index < -0.39 is 0 Å². The summed E-state index contributed by atoms with van der Waals surface area (Å²) in [6.45, 7) is 3.49. The Labute approximate surface area is 106 Å². The molecule has 2 rings (SSSR count). The molecule has 0 aromatic heterocycles. The van der Waals surface area contributed by atoms with Crippen molar-refractivity contribution in [2.45, 2.75) is 64.3 Å². The molecule has 98 valence electrons. The van der Waals surface area contributed by atoms with Gasteiger partial charge in [0.2, 0.25) is 0 Å². The van der Waals surface area contributed by atoms with E-state index in [9.17, 15) is 4.79 Å². The Morgan fingerprint density at radius 3 is 2.47 bits per heavy atom. The van der Waals surface area contributed by atoms with Crippen LogP contribution in [0.5, 0.6) is 0 Å². The van der Waals surface area contributed by atoms with Gasteiger partial charge in [-0.25, -0.2) is 0 Å². The molecule has 0 spiro atoms. The van der Waals surface area contributed by atoms with Gasteiger partial charge in [-0.1, -0.05) is 6.92 Å². The fourth-order valence-electron chi connectivity index (χ4n) is 3.42. The molecular weight excluding hydrogens is 210 g/mol. The highest BCUT2D eigenvalue weighted by molar-refractivity contribution is 5.82. The summed E-state index contributed by atoms with van der Waals surface area (Å²) in [5.74, 6) is 1.84. The second-order valence-corrected chi connectivity index (χ2v) is 6.24. The van der Waals surface area contributed by atoms with Gasteiger partial charge in [0, 0.05) is 18.4 Å². The molecule has 1 atom stereocenters. The van der Waals surface area contributed by atoms with E-state index in [0.29, 0.717) is 11.7 Å². The smallest absolute Gasteiger partial charge is 0.136 e. The van der Waals surface area contributed by atoms with E-state index in [0.717, 1.165) is 44.2 Å². The number of ketones is 1. The van der Waals surface area contributed by atoms with Gasteiger partial charge in [0.15, 0.2) is 0 Å². The molecule has 0 heterocycles. The van der Waals surface area contributed by atoms with Crippen LogP contribution in [0.3, 0.4) is 0 Å². The minimum Gasteiger partial charge on any atom is -0.303 e. The highest BCUT2D eigenvalue weighted by Gasteiger charge is 2.26. The zero-order valence-electron chi connectivity index (χ0n) is 11.5. The number of carbonyl (C=O) groups is 1. The molecule has 0 bridgehead atoms. The maximum atomic E-state index is 11.6. The minimum atomic E-state index is 0.389. The maximum Gasteiger partial charge on any atom is 0.136 e. The Morgan fingerprint density at radius 2 is 1.88 bits per heavy atom. The molecule has 2 fully saturated rings. The number of Topliss-reactive ketones (excluding diaryl/α,β-unsaturated/α-hetero) is 1. The summed E-state index contributed by atoms with van der Waals surface area (Å²) in [6.07, 6.45) is 9.71. The Hall–Kier alpha value is -0.370. The van der Waals surface area contributed by atoms with Crippen molar-refractivity contribution < 1.29 is 4.79 Å². The number of nitrogens with zero attached hydrogens (tertiary/aromatic N) is 1. The summed E-state index contributed by atoms with van der Waals surface area (Å²) >= 11 is 0. The van der Waals surface area contributed by atoms with Gasteiger partial charge in [0.25, 0.3) is 0 Å². The van der Waals surface area contributed by atoms with E-state index in [1.165, 1.54) is 25.7 Å². The van der Waals surface area contributed by atoms with Gasteiger partial charge in [-0.15, -0.1) is 0 Å². The van der Waals surface area contributed by atoms with E-state index in [2.05, 4.69) is 18.9 Å². The van der Waals surface area contributed by atoms with Crippen LogP contribution in [0, 0.1) is 11.8 Å². The minimum absolute atomic E-state index is 0.389. The average molecular weight is 237 g/mol. The molecule has 0 radical (unpaired) electrons. The Balaban J connectivity index is 1.69. The summed E-state index contributed by atoms with van der Waals surface area (Å²) in [4.78, 5) is 14.1. The number of carbonyl (C=O) groups excluding carboxylic acids is 1. The Kier molecular flexibility index (Phi) is 4.61. The first-order valence-corrected chi connectivity index (χ1v) is 7.39. The molecule has 0 aromatic rings. The molecule has 17 heavy (non-hydrogen) atoms. The normalized spacial score (nSPS) is 34.5. The topological polar surface area (TPSA) is 20.3 Å². The van der Waals surface area contributed by atoms with Crippen molar-refractivity contribution in [2.24, 2.45) is 11.8 Å². The molecule has 2 nitrogen and oxygen atoms in total. The first-order valence-electron chi connectivity index (χ1n) is 7.39. The van der Waals surface area contributed by atoms with Crippen molar-refractivity contribution in [3.63, 3.8) is 0 Å². The van der Waals surface area contributed by atoms with E-state index in [1.807, 2.05) is 0 Å². The van der Waals surface area contributed by atoms with Crippen molar-refractivity contribution in [1.29, 1.82) is 0 Å². The summed E-state index contributed by atoms with van der Waals surface area (Å²) in [5, 5.41) is 0. The molecule has 2 aliphatic rings. The highest BCUT2D eigenvalue weighted by atomic mass is 16.1. The third-order valence-corrected chi connectivity index (χ3v) is 4.87. The molecule has 0 N–H and O–H groups in total. The van der Waals surface area contributed by atoms with Crippen molar-refractivity contribution in [3.05, 3.63) is 0 Å². The molecular formula is C15H27NO. The van der Waals surface area contributed by atoms with Crippen LogP contribution in [0.1, 0.15) is 58.3 Å². The van der Waals surface area contributed by atoms with Gasteiger partial charge in [0.1, 0.15) is 5.78 Å². The predicted octanol–water partition coefficient (Wildman–Crippen LogP) is 3.26. The summed E-state index contributed by atoms with van der Waals surface area (Å²) < 4.78 is 0. The molecule has 0 amide bonds. The summed E-state index contributed by atoms with van der Waals surface area (Å²) in [7, 11) is 2.25. The molecule has 1 unspecified atom stereocenters. The van der Waals surface area contributed by atoms with Gasteiger partial charge in [-0.05, 0) is 64.5 Å². The van der Waals surface area contributed by atoms with E-state index in [1.54, 1.807) is 0 Å². The van der Waals surface area contributed by atoms with Crippen LogP contribution in [0.15, 0.2) is 0 Å². The van der Waals surface area contributed by atoms with Crippen molar-refractivity contribution in [1.82, 2.24) is 4.90 Å². The molecule has 0 saturated heterocycles. The van der Waals surface area contributed by atoms with Gasteiger partial charge in [0.05, 0.1) is 0 Å². The van der Waals surface area contributed by atoms with Crippen LogP contribution in [0.4, 0.5) is 0 Å². The zero-order chi connectivity index (χ0) is 12.3. The zero-order valence-corrected chi connectivity index (χ0v) is 11.5. The monoisotopic (exact) mass is 237 g/mol. The van der Waals surface area contributed by atoms with Gasteiger partial charge >= 0.3 is 0 Å². The third-order valence-electron chi connectivity index (χ3n) is 4.87. The summed E-state index contributed by atoms with van der Waals surface area (Å²) in [5.41, 5.74) is 0. The van der Waals surface area contributed by atoms with Gasteiger partial charge < -0.3 is 4.90 Å². The molecule has 0 aliphatic heterocycles. The van der Waals surface area contributed by atoms with Crippen LogP contribution in [-0.4, -0.2) is 30.3 Å². The SMILES string of the molecule is CC1CCC(N(C)CCC2CCCC2=O)CC1. The lowest BCUT2D eigenvalue weighted by molar-refractivity contribution is -0.120. The predicted molar refractivity (Wildman–Crippen MR) is 71.0 cm³/mol. The average Bonchev–Trinajstić information content (AvgIpc) is 2.73. The highest BCUT2D eigenvalue weighted by Crippen LogP contribution is 2.28. The fraction of sp³-hybridized carbons (Fsp3) is 0.933.